The number of aliphatic hydroxyl groups excluding tert-OH is 1. The third kappa shape index (κ3) is 4.99. The molecule has 3 heterocycles. The molecule has 4 rings (SSSR count). The van der Waals surface area contributed by atoms with Crippen LogP contribution in [0.5, 0.6) is 0 Å². The highest BCUT2D eigenvalue weighted by molar-refractivity contribution is 6.30. The van der Waals surface area contributed by atoms with Crippen LogP contribution >= 0.6 is 11.6 Å². The Kier molecular flexibility index (Phi) is 9.60. The summed E-state index contributed by atoms with van der Waals surface area (Å²) in [5, 5.41) is 11.2. The Hall–Kier alpha value is -2.68. The van der Waals surface area contributed by atoms with Crippen LogP contribution in [0.4, 0.5) is 5.69 Å². The van der Waals surface area contributed by atoms with E-state index < -0.39 is 35.1 Å². The topological polar surface area (TPSA) is 90.4 Å². The van der Waals surface area contributed by atoms with Gasteiger partial charge in [-0.15, -0.1) is 13.2 Å². The number of nitrogens with zero attached hydrogens (tertiary/aromatic N) is 3. The number of amides is 3. The lowest BCUT2D eigenvalue weighted by Crippen LogP contribution is -2.60. The van der Waals surface area contributed by atoms with Gasteiger partial charge in [0.15, 0.2) is 0 Å². The van der Waals surface area contributed by atoms with Gasteiger partial charge >= 0.3 is 0 Å². The molecule has 8 nitrogen and oxygen atoms in total. The van der Waals surface area contributed by atoms with Crippen LogP contribution in [-0.4, -0.2) is 82.2 Å². The fourth-order valence-corrected chi connectivity index (χ4v) is 7.76. The van der Waals surface area contributed by atoms with Gasteiger partial charge in [0.2, 0.25) is 11.8 Å². The van der Waals surface area contributed by atoms with E-state index in [2.05, 4.69) is 13.2 Å². The minimum atomic E-state index is -1.22. The first-order chi connectivity index (χ1) is 20.0. The average molecular weight is 600 g/mol. The second-order valence-corrected chi connectivity index (χ2v) is 12.8. The largest absolute Gasteiger partial charge is 0.394 e. The zero-order chi connectivity index (χ0) is 31.0. The molecular formula is C33H46ClN3O5. The van der Waals surface area contributed by atoms with E-state index in [-0.39, 0.29) is 42.7 Å². The van der Waals surface area contributed by atoms with E-state index >= 15 is 0 Å². The molecule has 2 bridgehead atoms. The molecule has 9 heteroatoms. The van der Waals surface area contributed by atoms with Crippen molar-refractivity contribution in [3.8, 4) is 0 Å². The summed E-state index contributed by atoms with van der Waals surface area (Å²) in [6.07, 6.45) is 5.24. The van der Waals surface area contributed by atoms with Gasteiger partial charge in [-0.1, -0.05) is 57.9 Å². The van der Waals surface area contributed by atoms with Gasteiger partial charge in [-0.3, -0.25) is 14.4 Å². The maximum absolute atomic E-state index is 14.8. The molecular weight excluding hydrogens is 554 g/mol. The van der Waals surface area contributed by atoms with Gasteiger partial charge in [0.05, 0.1) is 30.1 Å². The fourth-order valence-electron chi connectivity index (χ4n) is 7.64. The highest BCUT2D eigenvalue weighted by Crippen LogP contribution is 2.66. The first-order valence-corrected chi connectivity index (χ1v) is 15.6. The Morgan fingerprint density at radius 2 is 1.83 bits per heavy atom. The monoisotopic (exact) mass is 599 g/mol. The molecule has 0 radical (unpaired) electrons. The predicted molar refractivity (Wildman–Crippen MR) is 165 cm³/mol. The molecule has 1 aromatic carbocycles. The second kappa shape index (κ2) is 12.5. The maximum atomic E-state index is 14.8. The van der Waals surface area contributed by atoms with Crippen LogP contribution in [0.15, 0.2) is 49.6 Å². The van der Waals surface area contributed by atoms with Crippen LogP contribution in [-0.2, 0) is 19.1 Å². The molecule has 3 amide bonds. The van der Waals surface area contributed by atoms with Crippen molar-refractivity contribution in [2.75, 3.05) is 31.1 Å². The van der Waals surface area contributed by atoms with Crippen LogP contribution in [0.3, 0.4) is 0 Å². The molecule has 3 saturated heterocycles. The third-order valence-electron chi connectivity index (χ3n) is 9.97. The quantitative estimate of drug-likeness (QED) is 0.332. The molecule has 0 aromatic heterocycles. The number of ether oxygens (including phenoxy) is 1. The number of fused-ring (bicyclic) bond motifs is 1. The summed E-state index contributed by atoms with van der Waals surface area (Å²) in [6.45, 7) is 18.4. The van der Waals surface area contributed by atoms with Crippen molar-refractivity contribution in [3.63, 3.8) is 0 Å². The van der Waals surface area contributed by atoms with Gasteiger partial charge in [0, 0.05) is 30.3 Å². The molecule has 3 aliphatic heterocycles. The number of rotatable bonds is 13. The van der Waals surface area contributed by atoms with E-state index in [4.69, 9.17) is 16.3 Å². The standard InChI is InChI=1S/C33H46ClN3O5/c1-8-16-35(17-9-2)29(39)26-27-30(40)37(25(20-38)21(5)11-4)28(33(27)19-22(6)32(26,7)42-33)31(41)36(18-10-3)24-14-12-23(34)13-15-24/h8,10,12-15,21-22,25-28,38H,1,3,9,11,16-20H2,2,4-7H3/t21-,22?,25-,26-,27-,28?,32+,33?/m0/s1. The van der Waals surface area contributed by atoms with Gasteiger partial charge in [-0.05, 0) is 55.9 Å². The van der Waals surface area contributed by atoms with Crippen molar-refractivity contribution >= 4 is 35.0 Å². The number of carbonyl (C=O) groups is 3. The van der Waals surface area contributed by atoms with Gasteiger partial charge in [0.1, 0.15) is 11.6 Å². The Bertz CT molecular complexity index is 1210. The van der Waals surface area contributed by atoms with Crippen molar-refractivity contribution in [1.82, 2.24) is 9.80 Å². The van der Waals surface area contributed by atoms with Crippen molar-refractivity contribution in [1.29, 1.82) is 0 Å². The zero-order valence-corrected chi connectivity index (χ0v) is 26.3. The molecule has 230 valence electrons. The van der Waals surface area contributed by atoms with Crippen molar-refractivity contribution < 1.29 is 24.2 Å². The summed E-state index contributed by atoms with van der Waals surface area (Å²) in [5.74, 6) is -2.56. The van der Waals surface area contributed by atoms with E-state index in [9.17, 15) is 19.5 Å². The lowest BCUT2D eigenvalue weighted by Gasteiger charge is -2.41. The van der Waals surface area contributed by atoms with Crippen molar-refractivity contribution in [2.24, 2.45) is 23.7 Å². The number of hydrogen-bond donors (Lipinski definition) is 1. The maximum Gasteiger partial charge on any atom is 0.253 e. The van der Waals surface area contributed by atoms with E-state index in [1.807, 2.05) is 34.6 Å². The number of benzene rings is 1. The highest BCUT2D eigenvalue weighted by Gasteiger charge is 2.80. The van der Waals surface area contributed by atoms with Gasteiger partial charge < -0.3 is 24.5 Å². The number of aliphatic hydroxyl groups is 1. The Morgan fingerprint density at radius 1 is 1.19 bits per heavy atom. The molecule has 3 aliphatic rings. The summed E-state index contributed by atoms with van der Waals surface area (Å²) < 4.78 is 6.94. The van der Waals surface area contributed by atoms with Gasteiger partial charge in [-0.25, -0.2) is 0 Å². The van der Waals surface area contributed by atoms with Gasteiger partial charge in [0.25, 0.3) is 5.91 Å². The van der Waals surface area contributed by atoms with Crippen LogP contribution in [0.2, 0.25) is 5.02 Å². The number of carbonyl (C=O) groups excluding carboxylic acids is 3. The molecule has 0 aliphatic carbocycles. The number of anilines is 1. The lowest BCUT2D eigenvalue weighted by molar-refractivity contribution is -0.154. The molecule has 3 unspecified atom stereocenters. The third-order valence-corrected chi connectivity index (χ3v) is 10.2. The van der Waals surface area contributed by atoms with Crippen molar-refractivity contribution in [2.45, 2.75) is 77.2 Å². The Labute approximate surface area is 255 Å². The van der Waals surface area contributed by atoms with Gasteiger partial charge in [-0.2, -0.15) is 0 Å². The molecule has 1 spiro atoms. The molecule has 42 heavy (non-hydrogen) atoms. The predicted octanol–water partition coefficient (Wildman–Crippen LogP) is 4.70. The minimum absolute atomic E-state index is 0.0856. The molecule has 0 saturated carbocycles. The van der Waals surface area contributed by atoms with Crippen molar-refractivity contribution in [3.05, 3.63) is 54.6 Å². The lowest BCUT2D eigenvalue weighted by atomic mass is 9.62. The van der Waals surface area contributed by atoms with E-state index in [1.54, 1.807) is 51.1 Å². The Morgan fingerprint density at radius 3 is 2.38 bits per heavy atom. The second-order valence-electron chi connectivity index (χ2n) is 12.4. The Balaban J connectivity index is 1.90. The van der Waals surface area contributed by atoms with Crippen LogP contribution in [0, 0.1) is 23.7 Å². The molecule has 1 aromatic rings. The van der Waals surface area contributed by atoms with Crippen LogP contribution in [0.25, 0.3) is 0 Å². The SMILES string of the molecule is C=CCN(CCC)C(=O)[C@@H]1[C@H]2C(=O)N([C@@H](CO)[C@@H](C)CC)C(C(=O)N(CC=C)c3ccc(Cl)cc3)C23CC(C)[C@@]1(C)O3. The highest BCUT2D eigenvalue weighted by atomic mass is 35.5. The molecule has 8 atom stereocenters. The minimum Gasteiger partial charge on any atom is -0.394 e. The molecule has 3 fully saturated rings. The number of hydrogen-bond acceptors (Lipinski definition) is 5. The van der Waals surface area contributed by atoms with E-state index in [0.717, 1.165) is 6.42 Å². The fraction of sp³-hybridized carbons (Fsp3) is 0.606. The normalized spacial score (nSPS) is 31.0. The molecule has 1 N–H and O–H groups in total. The van der Waals surface area contributed by atoms with Crippen LogP contribution in [0.1, 0.15) is 53.9 Å². The summed E-state index contributed by atoms with van der Waals surface area (Å²) >= 11 is 6.16. The first kappa shape index (κ1) is 32.2. The summed E-state index contributed by atoms with van der Waals surface area (Å²) in [6, 6.07) is 5.31. The summed E-state index contributed by atoms with van der Waals surface area (Å²) in [4.78, 5) is 48.8. The van der Waals surface area contributed by atoms with E-state index in [1.165, 1.54) is 0 Å². The smallest absolute Gasteiger partial charge is 0.253 e. The zero-order valence-electron chi connectivity index (χ0n) is 25.6. The first-order valence-electron chi connectivity index (χ1n) is 15.2. The van der Waals surface area contributed by atoms with E-state index in [0.29, 0.717) is 36.6 Å². The number of likely N-dealkylation sites (tertiary alicyclic amines) is 1. The number of halogens is 1. The average Bonchev–Trinajstić information content (AvgIpc) is 3.48. The van der Waals surface area contributed by atoms with Crippen LogP contribution < -0.4 is 4.90 Å². The summed E-state index contributed by atoms with van der Waals surface area (Å²) in [5.41, 5.74) is -1.54. The summed E-state index contributed by atoms with van der Waals surface area (Å²) in [7, 11) is 0.